The molecule has 1 aromatic carbocycles. The molecule has 3 heterocycles. The number of fused-ring (bicyclic) bond motifs is 2. The van der Waals surface area contributed by atoms with E-state index in [2.05, 4.69) is 21.4 Å². The quantitative estimate of drug-likeness (QED) is 0.550. The number of imide groups is 1. The molecule has 1 saturated carbocycles. The third-order valence-corrected chi connectivity index (χ3v) is 7.36. The van der Waals surface area contributed by atoms with E-state index in [1.54, 1.807) is 0 Å². The van der Waals surface area contributed by atoms with Gasteiger partial charge < -0.3 is 14.9 Å². The molecule has 7 nitrogen and oxygen atoms in total. The van der Waals surface area contributed by atoms with Crippen LogP contribution in [0.25, 0.3) is 10.1 Å². The van der Waals surface area contributed by atoms with Crippen molar-refractivity contribution >= 4 is 39.3 Å². The Bertz CT molecular complexity index is 1050. The molecule has 5 rings (SSSR count). The number of benzene rings is 1. The summed E-state index contributed by atoms with van der Waals surface area (Å²) in [5, 5.41) is 11.8. The van der Waals surface area contributed by atoms with E-state index >= 15 is 0 Å². The zero-order chi connectivity index (χ0) is 21.4. The van der Waals surface area contributed by atoms with Crippen molar-refractivity contribution in [3.05, 3.63) is 49.1 Å². The van der Waals surface area contributed by atoms with Crippen LogP contribution in [0.15, 0.2) is 49.1 Å². The number of likely N-dealkylation sites (tertiary alicyclic amines) is 1. The molecule has 162 valence electrons. The lowest BCUT2D eigenvalue weighted by Crippen LogP contribution is -2.45. The predicted molar refractivity (Wildman–Crippen MR) is 120 cm³/mol. The molecule has 2 aliphatic heterocycles. The van der Waals surface area contributed by atoms with Crippen LogP contribution in [0.1, 0.15) is 38.5 Å². The van der Waals surface area contributed by atoms with Crippen molar-refractivity contribution in [2.24, 2.45) is 5.92 Å². The van der Waals surface area contributed by atoms with Crippen molar-refractivity contribution in [2.75, 3.05) is 18.0 Å². The first kappa shape index (κ1) is 20.2. The summed E-state index contributed by atoms with van der Waals surface area (Å²) in [6.45, 7) is 1.18. The van der Waals surface area contributed by atoms with Gasteiger partial charge in [0, 0.05) is 43.3 Å². The molecule has 1 saturated heterocycles. The Kier molecular flexibility index (Phi) is 5.27. The van der Waals surface area contributed by atoms with Gasteiger partial charge in [0.15, 0.2) is 11.4 Å². The van der Waals surface area contributed by atoms with Crippen molar-refractivity contribution in [1.29, 1.82) is 0 Å². The first-order valence-electron chi connectivity index (χ1n) is 10.9. The molecule has 31 heavy (non-hydrogen) atoms. The summed E-state index contributed by atoms with van der Waals surface area (Å²) in [6, 6.07) is 8.19. The summed E-state index contributed by atoms with van der Waals surface area (Å²) >= 11 is 1.49. The van der Waals surface area contributed by atoms with E-state index in [1.807, 2.05) is 41.8 Å². The van der Waals surface area contributed by atoms with Gasteiger partial charge in [0.1, 0.15) is 0 Å². The fourth-order valence-corrected chi connectivity index (χ4v) is 5.58. The van der Waals surface area contributed by atoms with Crippen molar-refractivity contribution in [3.63, 3.8) is 0 Å². The van der Waals surface area contributed by atoms with E-state index < -0.39 is 11.5 Å². The average molecular weight is 439 g/mol. The summed E-state index contributed by atoms with van der Waals surface area (Å²) in [5.74, 6) is -0.171. The number of hydrogen-bond donors (Lipinski definition) is 1. The lowest BCUT2D eigenvalue weighted by atomic mass is 9.77. The van der Waals surface area contributed by atoms with Gasteiger partial charge in [-0.25, -0.2) is 0 Å². The Morgan fingerprint density at radius 2 is 1.84 bits per heavy atom. The minimum absolute atomic E-state index is 0.184. The molecule has 1 N–H and O–H groups in total. The predicted octanol–water partition coefficient (Wildman–Crippen LogP) is 3.43. The third-order valence-electron chi connectivity index (χ3n) is 6.55. The monoisotopic (exact) mass is 438 g/mol. The van der Waals surface area contributed by atoms with Crippen molar-refractivity contribution in [1.82, 2.24) is 14.2 Å². The maximum absolute atomic E-state index is 12.6. The minimum atomic E-state index is -1.45. The standard InChI is InChI=1S/C23H26N4O3S/c28-21-18-8-3-4-10-23(18,30)22(29)27(21)12-6-5-11-25-13-15-26(16-14-25)20-17-7-1-2-9-19(17)31-24-20/h1-2,7,9,13-16,18,30H,3-6,8,10-12H2. The highest BCUT2D eigenvalue weighted by Crippen LogP contribution is 2.41. The third kappa shape index (κ3) is 3.53. The van der Waals surface area contributed by atoms with Crippen LogP contribution >= 0.6 is 11.5 Å². The lowest BCUT2D eigenvalue weighted by molar-refractivity contribution is -0.148. The molecular weight excluding hydrogens is 412 g/mol. The Morgan fingerprint density at radius 3 is 2.65 bits per heavy atom. The summed E-state index contributed by atoms with van der Waals surface area (Å²) in [6.07, 6.45) is 12.3. The first-order valence-corrected chi connectivity index (χ1v) is 11.7. The summed E-state index contributed by atoms with van der Waals surface area (Å²) in [5.41, 5.74) is -1.45. The van der Waals surface area contributed by atoms with Crippen LogP contribution in [-0.2, 0) is 9.59 Å². The van der Waals surface area contributed by atoms with Gasteiger partial charge in [-0.3, -0.25) is 14.5 Å². The second-order valence-corrected chi connectivity index (χ2v) is 9.27. The van der Waals surface area contributed by atoms with Crippen LogP contribution in [0, 0.1) is 5.92 Å². The van der Waals surface area contributed by atoms with Crippen LogP contribution in [0.2, 0.25) is 0 Å². The molecule has 2 unspecified atom stereocenters. The molecule has 0 bridgehead atoms. The maximum atomic E-state index is 12.6. The van der Waals surface area contributed by atoms with Gasteiger partial charge in [-0.2, -0.15) is 4.37 Å². The van der Waals surface area contributed by atoms with E-state index in [0.717, 1.165) is 48.1 Å². The lowest BCUT2D eigenvalue weighted by Gasteiger charge is -2.29. The smallest absolute Gasteiger partial charge is 0.261 e. The molecule has 2 fully saturated rings. The van der Waals surface area contributed by atoms with Gasteiger partial charge in [0.25, 0.3) is 5.91 Å². The van der Waals surface area contributed by atoms with E-state index in [9.17, 15) is 14.7 Å². The molecule has 2 amide bonds. The number of rotatable bonds is 6. The largest absolute Gasteiger partial charge is 0.379 e. The van der Waals surface area contributed by atoms with Gasteiger partial charge >= 0.3 is 0 Å². The SMILES string of the molecule is O=C1C2CCCCC2(O)C(=O)N1CCCCN1C=CN(c2nsc3ccccc23)C=C1. The summed E-state index contributed by atoms with van der Waals surface area (Å²) in [7, 11) is 0. The maximum Gasteiger partial charge on any atom is 0.261 e. The number of unbranched alkanes of at least 4 members (excludes halogenated alkanes) is 1. The van der Waals surface area contributed by atoms with Crippen LogP contribution in [0.3, 0.4) is 0 Å². The molecule has 0 spiro atoms. The van der Waals surface area contributed by atoms with E-state index in [0.29, 0.717) is 19.4 Å². The van der Waals surface area contributed by atoms with Gasteiger partial charge in [0.2, 0.25) is 5.91 Å². The molecule has 1 aliphatic carbocycles. The zero-order valence-electron chi connectivity index (χ0n) is 17.3. The Morgan fingerprint density at radius 1 is 1.06 bits per heavy atom. The number of amides is 2. The van der Waals surface area contributed by atoms with E-state index in [-0.39, 0.29) is 11.8 Å². The molecule has 8 heteroatoms. The second-order valence-electron chi connectivity index (χ2n) is 8.47. The normalized spacial score (nSPS) is 25.7. The van der Waals surface area contributed by atoms with Gasteiger partial charge in [-0.15, -0.1) is 0 Å². The highest BCUT2D eigenvalue weighted by molar-refractivity contribution is 7.13. The van der Waals surface area contributed by atoms with E-state index in [4.69, 9.17) is 0 Å². The van der Waals surface area contributed by atoms with Gasteiger partial charge in [0.05, 0.1) is 10.6 Å². The first-order chi connectivity index (χ1) is 15.1. The number of anilines is 1. The molecule has 1 aromatic heterocycles. The fraction of sp³-hybridized carbons (Fsp3) is 0.435. The zero-order valence-corrected chi connectivity index (χ0v) is 18.1. The Hall–Kier alpha value is -2.71. The highest BCUT2D eigenvalue weighted by atomic mass is 32.1. The highest BCUT2D eigenvalue weighted by Gasteiger charge is 2.58. The average Bonchev–Trinajstić information content (AvgIpc) is 3.30. The van der Waals surface area contributed by atoms with Crippen LogP contribution in [-0.4, -0.2) is 49.8 Å². The Balaban J connectivity index is 1.12. The number of nitrogens with zero attached hydrogens (tertiary/aromatic N) is 4. The second kappa shape index (κ2) is 8.09. The minimum Gasteiger partial charge on any atom is -0.379 e. The fourth-order valence-electron chi connectivity index (χ4n) is 4.80. The Labute approximate surface area is 185 Å². The van der Waals surface area contributed by atoms with Gasteiger partial charge in [-0.05, 0) is 55.8 Å². The molecule has 3 aliphatic rings. The molecule has 2 aromatic rings. The van der Waals surface area contributed by atoms with Crippen molar-refractivity contribution in [2.45, 2.75) is 44.1 Å². The topological polar surface area (TPSA) is 77.0 Å². The van der Waals surface area contributed by atoms with Gasteiger partial charge in [-0.1, -0.05) is 18.6 Å². The number of carbonyl (C=O) groups excluding carboxylic acids is 2. The van der Waals surface area contributed by atoms with Crippen LogP contribution < -0.4 is 4.90 Å². The number of aromatic nitrogens is 1. The van der Waals surface area contributed by atoms with Crippen molar-refractivity contribution < 1.29 is 14.7 Å². The molecule has 0 radical (unpaired) electrons. The number of hydrogen-bond acceptors (Lipinski definition) is 7. The van der Waals surface area contributed by atoms with Crippen LogP contribution in [0.5, 0.6) is 0 Å². The number of aliphatic hydroxyl groups is 1. The molecular formula is C23H26N4O3S. The molecule has 2 atom stereocenters. The van der Waals surface area contributed by atoms with Crippen molar-refractivity contribution in [3.8, 4) is 0 Å². The summed E-state index contributed by atoms with van der Waals surface area (Å²) < 4.78 is 5.73. The summed E-state index contributed by atoms with van der Waals surface area (Å²) in [4.78, 5) is 30.6. The van der Waals surface area contributed by atoms with E-state index in [1.165, 1.54) is 16.4 Å². The van der Waals surface area contributed by atoms with Crippen LogP contribution in [0.4, 0.5) is 5.82 Å². The number of carbonyl (C=O) groups is 2.